The molecule has 2 N–H and O–H groups in total. The second-order valence-corrected chi connectivity index (χ2v) is 6.66. The third kappa shape index (κ3) is 4.18. The van der Waals surface area contributed by atoms with Crippen LogP contribution in [0.5, 0.6) is 5.75 Å². The Bertz CT molecular complexity index is 612. The van der Waals surface area contributed by atoms with E-state index in [0.29, 0.717) is 6.42 Å². The minimum atomic E-state index is -3.98. The Labute approximate surface area is 125 Å². The van der Waals surface area contributed by atoms with Crippen LogP contribution in [0.1, 0.15) is 25.8 Å². The van der Waals surface area contributed by atoms with Crippen molar-refractivity contribution in [3.8, 4) is 5.75 Å². The average molecular weight is 315 g/mol. The SMILES string of the molecule is CCC(C)[C@H](NS(=O)(=O)c1cc(C)ccc1OC)C(=O)O. The first-order valence-corrected chi connectivity index (χ1v) is 8.11. The maximum Gasteiger partial charge on any atom is 0.322 e. The summed E-state index contributed by atoms with van der Waals surface area (Å²) in [5.41, 5.74) is 0.742. The molecule has 0 spiro atoms. The summed E-state index contributed by atoms with van der Waals surface area (Å²) in [5.74, 6) is -1.34. The Morgan fingerprint density at radius 2 is 2.05 bits per heavy atom. The van der Waals surface area contributed by atoms with Crippen LogP contribution in [0.15, 0.2) is 23.1 Å². The fourth-order valence-corrected chi connectivity index (χ4v) is 3.42. The van der Waals surface area contributed by atoms with Crippen molar-refractivity contribution >= 4 is 16.0 Å². The molecule has 0 radical (unpaired) electrons. The molecule has 6 nitrogen and oxygen atoms in total. The van der Waals surface area contributed by atoms with Gasteiger partial charge in [-0.2, -0.15) is 4.72 Å². The van der Waals surface area contributed by atoms with Crippen LogP contribution in [0.3, 0.4) is 0 Å². The maximum absolute atomic E-state index is 12.4. The summed E-state index contributed by atoms with van der Waals surface area (Å²) < 4.78 is 32.2. The number of hydrogen-bond acceptors (Lipinski definition) is 4. The molecule has 0 aliphatic heterocycles. The number of aryl methyl sites for hydroxylation is 1. The van der Waals surface area contributed by atoms with Crippen molar-refractivity contribution in [3.63, 3.8) is 0 Å². The highest BCUT2D eigenvalue weighted by atomic mass is 32.2. The molecular formula is C14H21NO5S. The molecular weight excluding hydrogens is 294 g/mol. The summed E-state index contributed by atoms with van der Waals surface area (Å²) in [7, 11) is -2.61. The fourth-order valence-electron chi connectivity index (χ4n) is 1.87. The van der Waals surface area contributed by atoms with Gasteiger partial charge in [0.05, 0.1) is 7.11 Å². The highest BCUT2D eigenvalue weighted by molar-refractivity contribution is 7.89. The standard InChI is InChI=1S/C14H21NO5S/c1-5-10(3)13(14(16)17)15-21(18,19)12-8-9(2)6-7-11(12)20-4/h6-8,10,13,15H,5H2,1-4H3,(H,16,17)/t10?,13-/m0/s1. The van der Waals surface area contributed by atoms with Gasteiger partial charge in [0.2, 0.25) is 10.0 Å². The van der Waals surface area contributed by atoms with E-state index >= 15 is 0 Å². The van der Waals surface area contributed by atoms with Gasteiger partial charge in [-0.15, -0.1) is 0 Å². The lowest BCUT2D eigenvalue weighted by Crippen LogP contribution is -2.44. The number of methoxy groups -OCH3 is 1. The Balaban J connectivity index is 3.22. The molecule has 0 saturated heterocycles. The molecule has 1 rings (SSSR count). The van der Waals surface area contributed by atoms with Crippen LogP contribution in [0, 0.1) is 12.8 Å². The Morgan fingerprint density at radius 3 is 2.52 bits per heavy atom. The maximum atomic E-state index is 12.4. The number of benzene rings is 1. The van der Waals surface area contributed by atoms with Gasteiger partial charge in [-0.3, -0.25) is 4.79 Å². The second-order valence-electron chi connectivity index (χ2n) is 4.98. The van der Waals surface area contributed by atoms with E-state index in [4.69, 9.17) is 4.74 Å². The van der Waals surface area contributed by atoms with Crippen molar-refractivity contribution in [1.29, 1.82) is 0 Å². The fraction of sp³-hybridized carbons (Fsp3) is 0.500. The Kier molecular flexibility index (Phi) is 5.74. The molecule has 2 atom stereocenters. The van der Waals surface area contributed by atoms with E-state index in [0.717, 1.165) is 5.56 Å². The van der Waals surface area contributed by atoms with E-state index in [2.05, 4.69) is 4.72 Å². The van der Waals surface area contributed by atoms with Gasteiger partial charge in [-0.1, -0.05) is 26.3 Å². The van der Waals surface area contributed by atoms with E-state index in [1.54, 1.807) is 26.0 Å². The van der Waals surface area contributed by atoms with Crippen LogP contribution in [0.2, 0.25) is 0 Å². The lowest BCUT2D eigenvalue weighted by Gasteiger charge is -2.21. The highest BCUT2D eigenvalue weighted by Crippen LogP contribution is 2.25. The van der Waals surface area contributed by atoms with Crippen molar-refractivity contribution in [2.45, 2.75) is 38.1 Å². The molecule has 0 bridgehead atoms. The topological polar surface area (TPSA) is 92.7 Å². The number of rotatable bonds is 7. The summed E-state index contributed by atoms with van der Waals surface area (Å²) in [4.78, 5) is 11.2. The minimum Gasteiger partial charge on any atom is -0.495 e. The lowest BCUT2D eigenvalue weighted by atomic mass is 10.0. The van der Waals surface area contributed by atoms with E-state index in [9.17, 15) is 18.3 Å². The average Bonchev–Trinajstić information content (AvgIpc) is 2.43. The largest absolute Gasteiger partial charge is 0.495 e. The highest BCUT2D eigenvalue weighted by Gasteiger charge is 2.30. The van der Waals surface area contributed by atoms with Crippen LogP contribution in [-0.4, -0.2) is 32.6 Å². The first kappa shape index (κ1) is 17.5. The molecule has 0 aliphatic carbocycles. The van der Waals surface area contributed by atoms with Gasteiger partial charge in [0.25, 0.3) is 0 Å². The summed E-state index contributed by atoms with van der Waals surface area (Å²) in [5, 5.41) is 9.21. The smallest absolute Gasteiger partial charge is 0.322 e. The second kappa shape index (κ2) is 6.91. The first-order chi connectivity index (χ1) is 9.72. The minimum absolute atomic E-state index is 0.0560. The molecule has 0 fully saturated rings. The summed E-state index contributed by atoms with van der Waals surface area (Å²) in [6.07, 6.45) is 0.546. The monoisotopic (exact) mass is 315 g/mol. The molecule has 0 amide bonds. The van der Waals surface area contributed by atoms with Gasteiger partial charge >= 0.3 is 5.97 Å². The van der Waals surface area contributed by atoms with E-state index < -0.39 is 22.0 Å². The molecule has 0 saturated carbocycles. The summed E-state index contributed by atoms with van der Waals surface area (Å²) in [6.45, 7) is 5.25. The predicted octanol–water partition coefficient (Wildman–Crippen LogP) is 1.78. The number of sulfonamides is 1. The Hall–Kier alpha value is -1.60. The van der Waals surface area contributed by atoms with E-state index in [1.165, 1.54) is 13.2 Å². The zero-order chi connectivity index (χ0) is 16.2. The van der Waals surface area contributed by atoms with Crippen LogP contribution in [0.25, 0.3) is 0 Å². The molecule has 7 heteroatoms. The summed E-state index contributed by atoms with van der Waals surface area (Å²) >= 11 is 0. The van der Waals surface area contributed by atoms with Gasteiger partial charge in [0.15, 0.2) is 0 Å². The van der Waals surface area contributed by atoms with E-state index in [1.807, 2.05) is 6.92 Å². The molecule has 0 aromatic heterocycles. The van der Waals surface area contributed by atoms with Crippen LogP contribution in [-0.2, 0) is 14.8 Å². The number of nitrogens with one attached hydrogen (secondary N) is 1. The predicted molar refractivity (Wildman–Crippen MR) is 78.9 cm³/mol. The third-order valence-corrected chi connectivity index (χ3v) is 4.83. The van der Waals surface area contributed by atoms with E-state index in [-0.39, 0.29) is 16.6 Å². The van der Waals surface area contributed by atoms with Crippen molar-refractivity contribution in [3.05, 3.63) is 23.8 Å². The zero-order valence-corrected chi connectivity index (χ0v) is 13.4. The molecule has 1 aromatic rings. The summed E-state index contributed by atoms with van der Waals surface area (Å²) in [6, 6.07) is 3.55. The van der Waals surface area contributed by atoms with Gasteiger partial charge < -0.3 is 9.84 Å². The molecule has 1 unspecified atom stereocenters. The van der Waals surface area contributed by atoms with Crippen LogP contribution in [0.4, 0.5) is 0 Å². The van der Waals surface area contributed by atoms with Gasteiger partial charge in [-0.25, -0.2) is 8.42 Å². The molecule has 21 heavy (non-hydrogen) atoms. The number of ether oxygens (including phenoxy) is 1. The van der Waals surface area contributed by atoms with Crippen LogP contribution < -0.4 is 9.46 Å². The number of carbonyl (C=O) groups is 1. The number of carboxylic acids is 1. The van der Waals surface area contributed by atoms with Crippen molar-refractivity contribution in [2.75, 3.05) is 7.11 Å². The van der Waals surface area contributed by atoms with Gasteiger partial charge in [-0.05, 0) is 30.5 Å². The van der Waals surface area contributed by atoms with Crippen molar-refractivity contribution < 1.29 is 23.1 Å². The first-order valence-electron chi connectivity index (χ1n) is 6.62. The lowest BCUT2D eigenvalue weighted by molar-refractivity contribution is -0.140. The normalized spacial score (nSPS) is 14.5. The molecule has 118 valence electrons. The number of hydrogen-bond donors (Lipinski definition) is 2. The van der Waals surface area contributed by atoms with Gasteiger partial charge in [0.1, 0.15) is 16.7 Å². The third-order valence-electron chi connectivity index (χ3n) is 3.37. The number of aliphatic carboxylic acids is 1. The van der Waals surface area contributed by atoms with Crippen molar-refractivity contribution in [2.24, 2.45) is 5.92 Å². The quantitative estimate of drug-likeness (QED) is 0.800. The van der Waals surface area contributed by atoms with Gasteiger partial charge in [0, 0.05) is 0 Å². The number of carboxylic acid groups (broad SMARTS) is 1. The zero-order valence-electron chi connectivity index (χ0n) is 12.6. The molecule has 0 heterocycles. The Morgan fingerprint density at radius 1 is 1.43 bits per heavy atom. The van der Waals surface area contributed by atoms with Crippen LogP contribution >= 0.6 is 0 Å². The van der Waals surface area contributed by atoms with Crippen molar-refractivity contribution in [1.82, 2.24) is 4.72 Å². The molecule has 1 aromatic carbocycles. The molecule has 0 aliphatic rings.